The molecule has 0 aliphatic carbocycles. The van der Waals surface area contributed by atoms with Crippen LogP contribution >= 0.6 is 0 Å². The van der Waals surface area contributed by atoms with Crippen LogP contribution in [0.25, 0.3) is 11.3 Å². The summed E-state index contributed by atoms with van der Waals surface area (Å²) >= 11 is 0. The van der Waals surface area contributed by atoms with Gasteiger partial charge in [-0.15, -0.1) is 0 Å². The van der Waals surface area contributed by atoms with Gasteiger partial charge >= 0.3 is 0 Å². The van der Waals surface area contributed by atoms with Crippen LogP contribution in [-0.2, 0) is 4.74 Å². The SMILES string of the molecule is CC1CC(Nc2ccc(-c3cnco3)cc2)CC(C)O1. The van der Waals surface area contributed by atoms with Crippen molar-refractivity contribution in [3.63, 3.8) is 0 Å². The highest BCUT2D eigenvalue weighted by Gasteiger charge is 2.24. The topological polar surface area (TPSA) is 47.3 Å². The van der Waals surface area contributed by atoms with Crippen LogP contribution in [0.5, 0.6) is 0 Å². The summed E-state index contributed by atoms with van der Waals surface area (Å²) in [6, 6.07) is 8.75. The normalized spacial score (nSPS) is 26.4. The van der Waals surface area contributed by atoms with E-state index >= 15 is 0 Å². The van der Waals surface area contributed by atoms with Crippen molar-refractivity contribution in [2.75, 3.05) is 5.32 Å². The van der Waals surface area contributed by atoms with E-state index < -0.39 is 0 Å². The first-order valence-corrected chi connectivity index (χ1v) is 7.11. The zero-order valence-electron chi connectivity index (χ0n) is 11.9. The molecule has 2 aromatic rings. The predicted octanol–water partition coefficient (Wildman–Crippen LogP) is 3.71. The maximum absolute atomic E-state index is 5.76. The standard InChI is InChI=1S/C16H20N2O2/c1-11-7-15(8-12(2)20-11)18-14-5-3-13(4-6-14)16-9-17-10-19-16/h3-6,9-12,15,18H,7-8H2,1-2H3. The van der Waals surface area contributed by atoms with E-state index in [9.17, 15) is 0 Å². The Morgan fingerprint density at radius 2 is 1.80 bits per heavy atom. The number of hydrogen-bond donors (Lipinski definition) is 1. The number of benzene rings is 1. The van der Waals surface area contributed by atoms with Crippen LogP contribution in [0.1, 0.15) is 26.7 Å². The lowest BCUT2D eigenvalue weighted by Gasteiger charge is -2.33. The fourth-order valence-corrected chi connectivity index (χ4v) is 2.85. The van der Waals surface area contributed by atoms with Crippen molar-refractivity contribution < 1.29 is 9.15 Å². The van der Waals surface area contributed by atoms with Crippen LogP contribution in [0, 0.1) is 0 Å². The van der Waals surface area contributed by atoms with Gasteiger partial charge in [-0.25, -0.2) is 4.98 Å². The number of nitrogens with zero attached hydrogens (tertiary/aromatic N) is 1. The van der Waals surface area contributed by atoms with Crippen molar-refractivity contribution >= 4 is 5.69 Å². The van der Waals surface area contributed by atoms with Gasteiger partial charge in [0.1, 0.15) is 0 Å². The molecule has 2 unspecified atom stereocenters. The van der Waals surface area contributed by atoms with Gasteiger partial charge in [0.2, 0.25) is 0 Å². The Balaban J connectivity index is 1.66. The molecule has 0 bridgehead atoms. The third kappa shape index (κ3) is 3.02. The highest BCUT2D eigenvalue weighted by atomic mass is 16.5. The van der Waals surface area contributed by atoms with Crippen molar-refractivity contribution in [2.45, 2.75) is 44.9 Å². The zero-order valence-corrected chi connectivity index (χ0v) is 11.9. The van der Waals surface area contributed by atoms with Gasteiger partial charge < -0.3 is 14.5 Å². The molecule has 0 saturated carbocycles. The monoisotopic (exact) mass is 272 g/mol. The number of anilines is 1. The van der Waals surface area contributed by atoms with Gasteiger partial charge in [0.15, 0.2) is 12.2 Å². The van der Waals surface area contributed by atoms with Gasteiger partial charge in [0, 0.05) is 17.3 Å². The van der Waals surface area contributed by atoms with Gasteiger partial charge in [-0.2, -0.15) is 0 Å². The summed E-state index contributed by atoms with van der Waals surface area (Å²) < 4.78 is 11.1. The third-order valence-corrected chi connectivity index (χ3v) is 3.67. The van der Waals surface area contributed by atoms with Crippen molar-refractivity contribution in [2.24, 2.45) is 0 Å². The van der Waals surface area contributed by atoms with Gasteiger partial charge in [0.25, 0.3) is 0 Å². The van der Waals surface area contributed by atoms with E-state index in [4.69, 9.17) is 9.15 Å². The maximum Gasteiger partial charge on any atom is 0.181 e. The molecular formula is C16H20N2O2. The van der Waals surface area contributed by atoms with Crippen molar-refractivity contribution in [1.82, 2.24) is 4.98 Å². The minimum atomic E-state index is 0.324. The molecular weight excluding hydrogens is 252 g/mol. The number of nitrogens with one attached hydrogen (secondary N) is 1. The second-order valence-electron chi connectivity index (χ2n) is 5.51. The second-order valence-corrected chi connectivity index (χ2v) is 5.51. The van der Waals surface area contributed by atoms with Gasteiger partial charge in [-0.05, 0) is 51.0 Å². The first kappa shape index (κ1) is 13.2. The molecule has 3 rings (SSSR count). The molecule has 20 heavy (non-hydrogen) atoms. The number of oxazole rings is 1. The molecule has 1 saturated heterocycles. The number of aromatic nitrogens is 1. The average Bonchev–Trinajstić information content (AvgIpc) is 2.92. The van der Waals surface area contributed by atoms with Crippen molar-refractivity contribution in [3.05, 3.63) is 36.9 Å². The molecule has 1 aliphatic rings. The predicted molar refractivity (Wildman–Crippen MR) is 78.6 cm³/mol. The number of ether oxygens (including phenoxy) is 1. The van der Waals surface area contributed by atoms with E-state index in [1.54, 1.807) is 6.20 Å². The Morgan fingerprint density at radius 3 is 2.40 bits per heavy atom. The quantitative estimate of drug-likeness (QED) is 0.925. The first-order valence-electron chi connectivity index (χ1n) is 7.11. The third-order valence-electron chi connectivity index (χ3n) is 3.67. The molecule has 1 fully saturated rings. The zero-order chi connectivity index (χ0) is 13.9. The van der Waals surface area contributed by atoms with E-state index in [0.717, 1.165) is 29.9 Å². The maximum atomic E-state index is 5.76. The minimum Gasteiger partial charge on any atom is -0.444 e. The molecule has 4 nitrogen and oxygen atoms in total. The molecule has 4 heteroatoms. The molecule has 0 amide bonds. The largest absolute Gasteiger partial charge is 0.444 e. The Labute approximate surface area is 119 Å². The van der Waals surface area contributed by atoms with E-state index in [1.807, 2.05) is 0 Å². The van der Waals surface area contributed by atoms with E-state index in [1.165, 1.54) is 6.39 Å². The minimum absolute atomic E-state index is 0.324. The average molecular weight is 272 g/mol. The van der Waals surface area contributed by atoms with Crippen LogP contribution in [0.4, 0.5) is 5.69 Å². The lowest BCUT2D eigenvalue weighted by atomic mass is 9.99. The molecule has 1 N–H and O–H groups in total. The van der Waals surface area contributed by atoms with Crippen molar-refractivity contribution in [1.29, 1.82) is 0 Å². The summed E-state index contributed by atoms with van der Waals surface area (Å²) in [7, 11) is 0. The Bertz CT molecular complexity index is 526. The summed E-state index contributed by atoms with van der Waals surface area (Å²) in [6.07, 6.45) is 5.92. The molecule has 2 heterocycles. The molecule has 1 aliphatic heterocycles. The Kier molecular flexibility index (Phi) is 3.74. The van der Waals surface area contributed by atoms with Gasteiger partial charge in [-0.1, -0.05) is 0 Å². The van der Waals surface area contributed by atoms with Crippen LogP contribution in [-0.4, -0.2) is 23.2 Å². The molecule has 106 valence electrons. The fourth-order valence-electron chi connectivity index (χ4n) is 2.85. The summed E-state index contributed by atoms with van der Waals surface area (Å²) in [5, 5.41) is 3.59. The lowest BCUT2D eigenvalue weighted by molar-refractivity contribution is -0.0337. The number of hydrogen-bond acceptors (Lipinski definition) is 4. The van der Waals surface area contributed by atoms with E-state index in [0.29, 0.717) is 18.2 Å². The molecule has 1 aromatic carbocycles. The highest BCUT2D eigenvalue weighted by molar-refractivity contribution is 5.60. The molecule has 0 radical (unpaired) electrons. The Morgan fingerprint density at radius 1 is 1.10 bits per heavy atom. The second kappa shape index (κ2) is 5.67. The fraction of sp³-hybridized carbons (Fsp3) is 0.438. The van der Waals surface area contributed by atoms with Crippen molar-refractivity contribution in [3.8, 4) is 11.3 Å². The van der Waals surface area contributed by atoms with Gasteiger partial charge in [0.05, 0.1) is 18.4 Å². The first-order chi connectivity index (χ1) is 9.70. The molecule has 2 atom stereocenters. The lowest BCUT2D eigenvalue weighted by Crippen LogP contribution is -2.36. The molecule has 0 spiro atoms. The van der Waals surface area contributed by atoms with Crippen LogP contribution in [0.3, 0.4) is 0 Å². The summed E-state index contributed by atoms with van der Waals surface area (Å²) in [4.78, 5) is 3.94. The smallest absolute Gasteiger partial charge is 0.181 e. The Hall–Kier alpha value is -1.81. The summed E-state index contributed by atoms with van der Waals surface area (Å²) in [6.45, 7) is 4.27. The van der Waals surface area contributed by atoms with Gasteiger partial charge in [-0.3, -0.25) is 0 Å². The van der Waals surface area contributed by atoms with Crippen LogP contribution in [0.15, 0.2) is 41.3 Å². The molecule has 1 aromatic heterocycles. The summed E-state index contributed by atoms with van der Waals surface area (Å²) in [5.74, 6) is 0.796. The van der Waals surface area contributed by atoms with E-state index in [-0.39, 0.29) is 0 Å². The highest BCUT2D eigenvalue weighted by Crippen LogP contribution is 2.25. The van der Waals surface area contributed by atoms with E-state index in [2.05, 4.69) is 48.4 Å². The van der Waals surface area contributed by atoms with Crippen LogP contribution < -0.4 is 5.32 Å². The van der Waals surface area contributed by atoms with Crippen LogP contribution in [0.2, 0.25) is 0 Å². The summed E-state index contributed by atoms with van der Waals surface area (Å²) in [5.41, 5.74) is 2.18. The number of rotatable bonds is 3.